The standard InChI is InChI=1S/C9H11O4P.2Y/c1-8-3-5-9(6-4-8)7-13-14(10,11)12-2;;/h5-6H,7H2,1-2H3,(H,10,11);;/q-2;;/p-1. The van der Waals surface area contributed by atoms with Crippen molar-refractivity contribution in [2.45, 2.75) is 13.5 Å². The first-order valence-corrected chi connectivity index (χ1v) is 5.40. The summed E-state index contributed by atoms with van der Waals surface area (Å²) in [5.74, 6) is 0. The third-order valence-electron chi connectivity index (χ3n) is 1.56. The molecule has 1 rings (SSSR count). The number of benzene rings is 1. The van der Waals surface area contributed by atoms with Crippen LogP contribution in [0.2, 0.25) is 0 Å². The molecule has 1 atom stereocenters. The smallest absolute Gasteiger partial charge is 0.266 e. The van der Waals surface area contributed by atoms with E-state index in [1.54, 1.807) is 12.1 Å². The average Bonchev–Trinajstić information content (AvgIpc) is 2.17. The quantitative estimate of drug-likeness (QED) is 0.573. The van der Waals surface area contributed by atoms with Gasteiger partial charge in [0.05, 0.1) is 0 Å². The van der Waals surface area contributed by atoms with E-state index < -0.39 is 7.82 Å². The van der Waals surface area contributed by atoms with Crippen LogP contribution in [0.25, 0.3) is 0 Å². The molecular weight excluding hydrogens is 381 g/mol. The summed E-state index contributed by atoms with van der Waals surface area (Å²) in [7, 11) is -3.07. The molecule has 2 radical (unpaired) electrons. The van der Waals surface area contributed by atoms with Crippen molar-refractivity contribution in [3.63, 3.8) is 0 Å². The molecule has 1 unspecified atom stereocenters. The first kappa shape index (κ1) is 19.9. The zero-order valence-corrected chi connectivity index (χ0v) is 15.7. The SMILES string of the molecule is COP(=O)([O-])OCc1c[c-]c(C)[c-]c1.[Y].[Y]. The van der Waals surface area contributed by atoms with E-state index in [4.69, 9.17) is 0 Å². The van der Waals surface area contributed by atoms with Crippen molar-refractivity contribution in [1.29, 1.82) is 0 Å². The van der Waals surface area contributed by atoms with Gasteiger partial charge < -0.3 is 26.1 Å². The van der Waals surface area contributed by atoms with E-state index >= 15 is 0 Å². The Labute approximate surface area is 146 Å². The largest absolute Gasteiger partial charge is 0.756 e. The fourth-order valence-electron chi connectivity index (χ4n) is 0.775. The van der Waals surface area contributed by atoms with Crippen molar-refractivity contribution in [3.05, 3.63) is 35.4 Å². The Hall–Kier alpha value is 1.54. The third kappa shape index (κ3) is 7.79. The summed E-state index contributed by atoms with van der Waals surface area (Å²) in [4.78, 5) is 10.8. The zero-order valence-electron chi connectivity index (χ0n) is 9.10. The molecule has 84 valence electrons. The molecule has 0 saturated carbocycles. The molecule has 0 aromatic heterocycles. The van der Waals surface area contributed by atoms with Gasteiger partial charge in [-0.3, -0.25) is 22.3 Å². The van der Waals surface area contributed by atoms with E-state index in [2.05, 4.69) is 21.2 Å². The van der Waals surface area contributed by atoms with Crippen LogP contribution in [0.15, 0.2) is 12.1 Å². The molecule has 0 aliphatic rings. The minimum absolute atomic E-state index is 0. The molecule has 0 fully saturated rings. The summed E-state index contributed by atoms with van der Waals surface area (Å²) < 4.78 is 19.5. The van der Waals surface area contributed by atoms with Crippen molar-refractivity contribution in [3.8, 4) is 0 Å². The van der Waals surface area contributed by atoms with Gasteiger partial charge in [-0.1, -0.05) is 6.92 Å². The minimum atomic E-state index is -4.13. The van der Waals surface area contributed by atoms with Gasteiger partial charge in [-0.05, 0) is 6.61 Å². The molecule has 7 heteroatoms. The second-order valence-corrected chi connectivity index (χ2v) is 4.20. The van der Waals surface area contributed by atoms with Gasteiger partial charge in [0.15, 0.2) is 0 Å². The number of rotatable bonds is 4. The molecule has 0 heterocycles. The van der Waals surface area contributed by atoms with Crippen LogP contribution in [0, 0.1) is 19.1 Å². The Bertz CT molecular complexity index is 342. The number of phosphoric acid groups is 1. The van der Waals surface area contributed by atoms with E-state index in [9.17, 15) is 9.46 Å². The summed E-state index contributed by atoms with van der Waals surface area (Å²) in [6, 6.07) is 9.08. The molecule has 0 aliphatic carbocycles. The monoisotopic (exact) mass is 391 g/mol. The molecule has 0 N–H and O–H groups in total. The molecule has 16 heavy (non-hydrogen) atoms. The van der Waals surface area contributed by atoms with Crippen LogP contribution in [0.4, 0.5) is 0 Å². The van der Waals surface area contributed by atoms with Crippen LogP contribution in [-0.4, -0.2) is 7.11 Å². The topological polar surface area (TPSA) is 58.6 Å². The van der Waals surface area contributed by atoms with Crippen LogP contribution < -0.4 is 4.89 Å². The van der Waals surface area contributed by atoms with Crippen molar-refractivity contribution in [2.75, 3.05) is 7.11 Å². The summed E-state index contributed by atoms with van der Waals surface area (Å²) in [6.45, 7) is 1.79. The summed E-state index contributed by atoms with van der Waals surface area (Å²) >= 11 is 0. The molecule has 0 amide bonds. The summed E-state index contributed by atoms with van der Waals surface area (Å²) in [5, 5.41) is 0. The maximum absolute atomic E-state index is 10.8. The Balaban J connectivity index is 0. The molecule has 0 spiro atoms. The molecule has 1 aromatic rings. The molecule has 0 saturated heterocycles. The van der Waals surface area contributed by atoms with Gasteiger partial charge >= 0.3 is 0 Å². The van der Waals surface area contributed by atoms with Crippen molar-refractivity contribution >= 4 is 7.82 Å². The van der Waals surface area contributed by atoms with E-state index in [1.165, 1.54) is 0 Å². The molecule has 1 aromatic carbocycles. The third-order valence-corrected chi connectivity index (χ3v) is 2.45. The minimum Gasteiger partial charge on any atom is -0.756 e. The van der Waals surface area contributed by atoms with E-state index in [0.717, 1.165) is 12.7 Å². The first-order chi connectivity index (χ1) is 6.53. The molecule has 4 nitrogen and oxygen atoms in total. The Morgan fingerprint density at radius 3 is 2.31 bits per heavy atom. The Morgan fingerprint density at radius 1 is 1.38 bits per heavy atom. The zero-order chi connectivity index (χ0) is 10.6. The van der Waals surface area contributed by atoms with Gasteiger partial charge in [0.2, 0.25) is 0 Å². The number of phosphoric ester groups is 1. The summed E-state index contributed by atoms with van der Waals surface area (Å²) in [5.41, 5.74) is 1.55. The molecular formula is C9H10O4PY2-3. The number of hydrogen-bond acceptors (Lipinski definition) is 4. The van der Waals surface area contributed by atoms with Crippen molar-refractivity contribution < 1.29 is 83.9 Å². The average molecular weight is 391 g/mol. The van der Waals surface area contributed by atoms with Gasteiger partial charge in [0.1, 0.15) is 0 Å². The van der Waals surface area contributed by atoms with E-state index in [0.29, 0.717) is 5.56 Å². The van der Waals surface area contributed by atoms with Gasteiger partial charge in [-0.15, -0.1) is 0 Å². The predicted octanol–water partition coefficient (Wildman–Crippen LogP) is 1.22. The van der Waals surface area contributed by atoms with Crippen molar-refractivity contribution in [1.82, 2.24) is 0 Å². The van der Waals surface area contributed by atoms with Crippen LogP contribution in [0.5, 0.6) is 0 Å². The van der Waals surface area contributed by atoms with Crippen LogP contribution in [0.3, 0.4) is 0 Å². The Morgan fingerprint density at radius 2 is 1.88 bits per heavy atom. The van der Waals surface area contributed by atoms with Gasteiger partial charge in [0.25, 0.3) is 7.82 Å². The maximum atomic E-state index is 10.8. The van der Waals surface area contributed by atoms with E-state index in [-0.39, 0.29) is 72.0 Å². The summed E-state index contributed by atoms with van der Waals surface area (Å²) in [6.07, 6.45) is 0. The van der Waals surface area contributed by atoms with Gasteiger partial charge in [0, 0.05) is 72.5 Å². The van der Waals surface area contributed by atoms with Gasteiger partial charge in [-0.2, -0.15) is 0 Å². The van der Waals surface area contributed by atoms with E-state index in [1.807, 2.05) is 6.92 Å². The number of hydrogen-bond donors (Lipinski definition) is 0. The molecule has 0 bridgehead atoms. The maximum Gasteiger partial charge on any atom is 0.266 e. The normalized spacial score (nSPS) is 13.2. The molecule has 0 aliphatic heterocycles. The van der Waals surface area contributed by atoms with Gasteiger partial charge in [-0.25, -0.2) is 5.56 Å². The second-order valence-electron chi connectivity index (χ2n) is 2.68. The van der Waals surface area contributed by atoms with Crippen LogP contribution >= 0.6 is 7.82 Å². The second kappa shape index (κ2) is 9.47. The fourth-order valence-corrected chi connectivity index (χ4v) is 1.19. The first-order valence-electron chi connectivity index (χ1n) is 3.94. The van der Waals surface area contributed by atoms with Crippen molar-refractivity contribution in [2.24, 2.45) is 0 Å². The number of aryl methyl sites for hydroxylation is 1. The van der Waals surface area contributed by atoms with Crippen LogP contribution in [-0.2, 0) is 85.6 Å². The Kier molecular flexibility index (Phi) is 11.8. The fraction of sp³-hybridized carbons (Fsp3) is 0.333. The predicted molar refractivity (Wildman–Crippen MR) is 48.3 cm³/mol. The van der Waals surface area contributed by atoms with Crippen LogP contribution in [0.1, 0.15) is 11.1 Å².